The lowest BCUT2D eigenvalue weighted by molar-refractivity contribution is -0.123. The van der Waals surface area contributed by atoms with E-state index in [9.17, 15) is 9.59 Å². The average Bonchev–Trinajstić information content (AvgIpc) is 3.57. The fourth-order valence-corrected chi connectivity index (χ4v) is 4.28. The predicted octanol–water partition coefficient (Wildman–Crippen LogP) is 4.74. The van der Waals surface area contributed by atoms with Crippen molar-refractivity contribution >= 4 is 17.5 Å². The van der Waals surface area contributed by atoms with Crippen LogP contribution in [0.4, 0.5) is 5.69 Å². The van der Waals surface area contributed by atoms with E-state index in [4.69, 9.17) is 13.9 Å². The van der Waals surface area contributed by atoms with Crippen LogP contribution in [0.25, 0.3) is 0 Å². The molecule has 3 aromatic rings. The molecule has 1 saturated carbocycles. The highest BCUT2D eigenvalue weighted by atomic mass is 16.5. The van der Waals surface area contributed by atoms with E-state index in [1.807, 2.05) is 30.3 Å². The van der Waals surface area contributed by atoms with Gasteiger partial charge >= 0.3 is 0 Å². The van der Waals surface area contributed by atoms with Gasteiger partial charge in [-0.15, -0.1) is 0 Å². The van der Waals surface area contributed by atoms with Crippen LogP contribution in [0.2, 0.25) is 0 Å². The molecule has 1 atom stereocenters. The molecular formula is C26H28N2O5. The summed E-state index contributed by atoms with van der Waals surface area (Å²) in [5.74, 6) is 0.457. The van der Waals surface area contributed by atoms with E-state index in [0.29, 0.717) is 22.7 Å². The van der Waals surface area contributed by atoms with Crippen LogP contribution in [-0.2, 0) is 4.79 Å². The van der Waals surface area contributed by atoms with Gasteiger partial charge in [-0.05, 0) is 42.7 Å². The Kier molecular flexibility index (Phi) is 6.98. The van der Waals surface area contributed by atoms with Crippen LogP contribution in [0.1, 0.15) is 47.8 Å². The molecular weight excluding hydrogens is 420 g/mol. The molecule has 0 spiro atoms. The largest absolute Gasteiger partial charge is 0.493 e. The first kappa shape index (κ1) is 22.5. The number of amides is 2. The van der Waals surface area contributed by atoms with E-state index >= 15 is 0 Å². The number of nitrogens with one attached hydrogen (secondary N) is 1. The van der Waals surface area contributed by atoms with Gasteiger partial charge in [0.1, 0.15) is 6.04 Å². The summed E-state index contributed by atoms with van der Waals surface area (Å²) in [7, 11) is 3.08. The third kappa shape index (κ3) is 4.87. The number of anilines is 1. The lowest BCUT2D eigenvalue weighted by atomic mass is 10.0. The first-order valence-corrected chi connectivity index (χ1v) is 11.1. The molecule has 1 heterocycles. The van der Waals surface area contributed by atoms with Crippen molar-refractivity contribution in [2.75, 3.05) is 19.1 Å². The van der Waals surface area contributed by atoms with Crippen molar-refractivity contribution in [3.63, 3.8) is 0 Å². The molecule has 0 saturated heterocycles. The zero-order valence-electron chi connectivity index (χ0n) is 18.8. The topological polar surface area (TPSA) is 81.0 Å². The van der Waals surface area contributed by atoms with Gasteiger partial charge in [-0.3, -0.25) is 14.5 Å². The normalized spacial score (nSPS) is 14.5. The van der Waals surface area contributed by atoms with Gasteiger partial charge in [0.05, 0.1) is 20.5 Å². The van der Waals surface area contributed by atoms with E-state index < -0.39 is 11.9 Å². The summed E-state index contributed by atoms with van der Waals surface area (Å²) in [5.41, 5.74) is 1.19. The maximum atomic E-state index is 13.7. The SMILES string of the molecule is COc1ccc(N(C(=O)c2ccco2)[C@@H](C(=O)NC2CCCC2)c2ccccc2)cc1OC. The summed E-state index contributed by atoms with van der Waals surface area (Å²) >= 11 is 0. The second kappa shape index (κ2) is 10.3. The third-order valence-electron chi connectivity index (χ3n) is 5.92. The number of carbonyl (C=O) groups excluding carboxylic acids is 2. The minimum absolute atomic E-state index is 0.106. The Balaban J connectivity index is 1.82. The highest BCUT2D eigenvalue weighted by Gasteiger charge is 2.36. The number of methoxy groups -OCH3 is 2. The van der Waals surface area contributed by atoms with Crippen molar-refractivity contribution in [1.82, 2.24) is 5.32 Å². The number of hydrogen-bond acceptors (Lipinski definition) is 5. The zero-order valence-corrected chi connectivity index (χ0v) is 18.8. The molecule has 4 rings (SSSR count). The molecule has 0 bridgehead atoms. The van der Waals surface area contributed by atoms with Crippen molar-refractivity contribution in [2.45, 2.75) is 37.8 Å². The van der Waals surface area contributed by atoms with Crippen LogP contribution < -0.4 is 19.7 Å². The summed E-state index contributed by atoms with van der Waals surface area (Å²) < 4.78 is 16.2. The fourth-order valence-electron chi connectivity index (χ4n) is 4.28. The molecule has 2 aromatic carbocycles. The molecule has 1 fully saturated rings. The molecule has 1 N–H and O–H groups in total. The second-order valence-corrected chi connectivity index (χ2v) is 7.99. The molecule has 1 aromatic heterocycles. The van der Waals surface area contributed by atoms with E-state index in [0.717, 1.165) is 25.7 Å². The Morgan fingerprint density at radius 2 is 1.70 bits per heavy atom. The van der Waals surface area contributed by atoms with Crippen LogP contribution in [-0.4, -0.2) is 32.1 Å². The van der Waals surface area contributed by atoms with E-state index in [1.54, 1.807) is 37.4 Å². The number of furan rings is 1. The summed E-state index contributed by atoms with van der Waals surface area (Å²) in [6, 6.07) is 16.9. The first-order chi connectivity index (χ1) is 16.1. The highest BCUT2D eigenvalue weighted by Crippen LogP contribution is 2.36. The maximum absolute atomic E-state index is 13.7. The van der Waals surface area contributed by atoms with Gasteiger partial charge in [0.2, 0.25) is 5.91 Å². The smallest absolute Gasteiger partial charge is 0.294 e. The van der Waals surface area contributed by atoms with Gasteiger partial charge in [-0.2, -0.15) is 0 Å². The molecule has 7 heteroatoms. The van der Waals surface area contributed by atoms with Crippen LogP contribution in [0.15, 0.2) is 71.3 Å². The van der Waals surface area contributed by atoms with Crippen molar-refractivity contribution in [1.29, 1.82) is 0 Å². The Bertz CT molecular complexity index is 1080. The maximum Gasteiger partial charge on any atom is 0.294 e. The number of ether oxygens (including phenoxy) is 2. The van der Waals surface area contributed by atoms with Crippen molar-refractivity contribution < 1.29 is 23.5 Å². The molecule has 172 valence electrons. The average molecular weight is 449 g/mol. The first-order valence-electron chi connectivity index (χ1n) is 11.1. The minimum Gasteiger partial charge on any atom is -0.493 e. The standard InChI is InChI=1S/C26H28N2O5/c1-31-21-15-14-20(17-23(21)32-2)28(26(30)22-13-8-16-33-22)24(18-9-4-3-5-10-18)25(29)27-19-11-6-7-12-19/h3-5,8-10,13-17,19,24H,6-7,11-12H2,1-2H3,(H,27,29)/t24-/m1/s1. The molecule has 7 nitrogen and oxygen atoms in total. The van der Waals surface area contributed by atoms with Crippen molar-refractivity contribution in [2.24, 2.45) is 0 Å². The van der Waals surface area contributed by atoms with Gasteiger partial charge < -0.3 is 19.2 Å². The Morgan fingerprint density at radius 3 is 2.33 bits per heavy atom. The van der Waals surface area contributed by atoms with Crippen molar-refractivity contribution in [3.05, 3.63) is 78.3 Å². The van der Waals surface area contributed by atoms with Crippen LogP contribution >= 0.6 is 0 Å². The molecule has 0 unspecified atom stereocenters. The van der Waals surface area contributed by atoms with Gasteiger partial charge in [0, 0.05) is 17.8 Å². The minimum atomic E-state index is -0.900. The quantitative estimate of drug-likeness (QED) is 0.538. The van der Waals surface area contributed by atoms with Crippen molar-refractivity contribution in [3.8, 4) is 11.5 Å². The van der Waals surface area contributed by atoms with E-state index in [-0.39, 0.29) is 17.7 Å². The zero-order chi connectivity index (χ0) is 23.2. The third-order valence-corrected chi connectivity index (χ3v) is 5.92. The van der Waals surface area contributed by atoms with E-state index in [2.05, 4.69) is 5.32 Å². The van der Waals surface area contributed by atoms with Gasteiger partial charge in [-0.25, -0.2) is 0 Å². The van der Waals surface area contributed by atoms with E-state index in [1.165, 1.54) is 18.3 Å². The summed E-state index contributed by atoms with van der Waals surface area (Å²) in [5, 5.41) is 3.16. The Labute approximate surface area is 193 Å². The number of benzene rings is 2. The summed E-state index contributed by atoms with van der Waals surface area (Å²) in [6.07, 6.45) is 5.50. The number of rotatable bonds is 8. The molecule has 0 radical (unpaired) electrons. The molecule has 0 aliphatic heterocycles. The van der Waals surface area contributed by atoms with Gasteiger partial charge in [0.25, 0.3) is 5.91 Å². The molecule has 1 aliphatic carbocycles. The molecule has 2 amide bonds. The number of hydrogen-bond donors (Lipinski definition) is 1. The lowest BCUT2D eigenvalue weighted by Gasteiger charge is -2.32. The van der Waals surface area contributed by atoms with Gasteiger partial charge in [-0.1, -0.05) is 43.2 Å². The Morgan fingerprint density at radius 1 is 0.970 bits per heavy atom. The number of nitrogens with zero attached hydrogens (tertiary/aromatic N) is 1. The van der Waals surface area contributed by atoms with Crippen LogP contribution in [0.5, 0.6) is 11.5 Å². The lowest BCUT2D eigenvalue weighted by Crippen LogP contribution is -2.46. The second-order valence-electron chi connectivity index (χ2n) is 7.99. The van der Waals surface area contributed by atoms with Gasteiger partial charge in [0.15, 0.2) is 17.3 Å². The Hall–Kier alpha value is -3.74. The fraction of sp³-hybridized carbons (Fsp3) is 0.308. The molecule has 33 heavy (non-hydrogen) atoms. The highest BCUT2D eigenvalue weighted by molar-refractivity contribution is 6.08. The van der Waals surface area contributed by atoms with Crippen LogP contribution in [0, 0.1) is 0 Å². The predicted molar refractivity (Wildman–Crippen MR) is 125 cm³/mol. The van der Waals surface area contributed by atoms with Crippen LogP contribution in [0.3, 0.4) is 0 Å². The molecule has 1 aliphatic rings. The number of carbonyl (C=O) groups is 2. The summed E-state index contributed by atoms with van der Waals surface area (Å²) in [6.45, 7) is 0. The summed E-state index contributed by atoms with van der Waals surface area (Å²) in [4.78, 5) is 28.8. The monoisotopic (exact) mass is 448 g/mol.